The standard InChI is InChI=1S/C13H9.C9H7.C3H7ClSi.2ClH.Zr/c1-3-7-12-10(5-1)9-11-6-2-4-8-13(11)12;1-2-5-9-7-3-6-8(9)4-1;1-2-3-5-4;;;/h1-9H;1-7H;2-3H2,1H3;2*1H;/q2*-1;;;;+2/p-2. The van der Waals surface area contributed by atoms with Crippen molar-refractivity contribution in [3.63, 3.8) is 0 Å². The summed E-state index contributed by atoms with van der Waals surface area (Å²) in [6, 6.07) is 35.2. The molecule has 0 aliphatic heterocycles. The zero-order chi connectivity index (χ0) is 19.8. The van der Waals surface area contributed by atoms with Gasteiger partial charge in [-0.15, -0.1) is 69.4 Å². The van der Waals surface area contributed by atoms with Crippen LogP contribution in [0.1, 0.15) is 13.3 Å². The van der Waals surface area contributed by atoms with E-state index >= 15 is 0 Å². The van der Waals surface area contributed by atoms with Gasteiger partial charge < -0.3 is 24.8 Å². The van der Waals surface area contributed by atoms with Crippen LogP contribution in [0.15, 0.2) is 97.1 Å². The smallest absolute Gasteiger partial charge is 0.0771 e. The molecule has 0 amide bonds. The molecule has 0 N–H and O–H groups in total. The van der Waals surface area contributed by atoms with E-state index in [4.69, 9.17) is 11.1 Å². The average molecular weight is 549 g/mol. The fourth-order valence-electron chi connectivity index (χ4n) is 3.19. The zero-order valence-electron chi connectivity index (χ0n) is 16.8. The Labute approximate surface area is 211 Å². The first-order valence-electron chi connectivity index (χ1n) is 9.55. The van der Waals surface area contributed by atoms with Crippen LogP contribution in [0.3, 0.4) is 0 Å². The molecule has 0 nitrogen and oxygen atoms in total. The topological polar surface area (TPSA) is 0 Å². The molecule has 30 heavy (non-hydrogen) atoms. The first-order chi connectivity index (χ1) is 13.7. The molecular weight excluding hydrogens is 526 g/mol. The Kier molecular flexibility index (Phi) is 12.9. The number of halogens is 3. The second-order valence-electron chi connectivity index (χ2n) is 6.63. The van der Waals surface area contributed by atoms with Crippen LogP contribution in [-0.4, -0.2) is 4.74 Å². The first-order valence-corrected chi connectivity index (χ1v) is 16.0. The zero-order valence-corrected chi connectivity index (χ0v) is 22.5. The number of hydrogen-bond acceptors (Lipinski definition) is 0. The van der Waals surface area contributed by atoms with Crippen molar-refractivity contribution in [2.75, 3.05) is 0 Å². The average Bonchev–Trinajstić information content (AvgIpc) is 3.33. The molecule has 0 bridgehead atoms. The van der Waals surface area contributed by atoms with Crippen LogP contribution in [0.2, 0.25) is 6.04 Å². The van der Waals surface area contributed by atoms with Crippen LogP contribution in [-0.2, 0) is 23.3 Å². The van der Waals surface area contributed by atoms with Crippen molar-refractivity contribution in [3.8, 4) is 0 Å². The Hall–Kier alpha value is -0.890. The van der Waals surface area contributed by atoms with Crippen molar-refractivity contribution >= 4 is 48.1 Å². The maximum atomic E-state index is 5.72. The fourth-order valence-corrected chi connectivity index (χ4v) is 6.04. The maximum absolute atomic E-state index is 5.72. The first kappa shape index (κ1) is 27.1. The third kappa shape index (κ3) is 7.66. The number of benzene rings is 3. The van der Waals surface area contributed by atoms with E-state index in [1.165, 1.54) is 44.8 Å². The molecule has 0 unspecified atom stereocenters. The minimum atomic E-state index is -0.323. The molecule has 5 aromatic rings. The molecule has 0 atom stereocenters. The third-order valence-electron chi connectivity index (χ3n) is 4.54. The Morgan fingerprint density at radius 3 is 1.73 bits per heavy atom. The maximum Gasteiger partial charge on any atom is -0.0771 e. The summed E-state index contributed by atoms with van der Waals surface area (Å²) >= 11 is 7.27. The van der Waals surface area contributed by atoms with Gasteiger partial charge in [0.05, 0.1) is 0 Å². The Morgan fingerprint density at radius 2 is 1.27 bits per heavy atom. The van der Waals surface area contributed by atoms with Crippen LogP contribution in [0.5, 0.6) is 0 Å². The number of fused-ring (bicyclic) bond motifs is 4. The van der Waals surface area contributed by atoms with Crippen LogP contribution >= 0.6 is 11.1 Å². The summed E-state index contributed by atoms with van der Waals surface area (Å²) in [7, 11) is 0. The summed E-state index contributed by atoms with van der Waals surface area (Å²) in [5.41, 5.74) is 0. The summed E-state index contributed by atoms with van der Waals surface area (Å²) in [6.45, 7) is 2.18. The van der Waals surface area contributed by atoms with Crippen molar-refractivity contribution < 1.29 is 48.1 Å². The van der Waals surface area contributed by atoms with Gasteiger partial charge in [0.25, 0.3) is 0 Å². The molecule has 0 saturated carbocycles. The van der Waals surface area contributed by atoms with E-state index in [1.54, 1.807) is 23.3 Å². The quantitative estimate of drug-likeness (QED) is 0.180. The second-order valence-corrected chi connectivity index (χ2v) is 16.1. The largest absolute Gasteiger partial charge is 1.00 e. The van der Waals surface area contributed by atoms with Gasteiger partial charge in [0, 0.05) is 0 Å². The van der Waals surface area contributed by atoms with Crippen LogP contribution in [0, 0.1) is 0 Å². The number of hydrogen-bond donors (Lipinski definition) is 0. The van der Waals surface area contributed by atoms with E-state index in [0.717, 1.165) is 0 Å². The Morgan fingerprint density at radius 1 is 0.767 bits per heavy atom. The summed E-state index contributed by atoms with van der Waals surface area (Å²) < 4.78 is -0.323. The van der Waals surface area contributed by atoms with Crippen LogP contribution < -0.4 is 24.8 Å². The predicted octanol–water partition coefficient (Wildman–Crippen LogP) is 1.95. The fraction of sp³-hybridized carbons (Fsp3) is 0.120. The molecule has 0 spiro atoms. The summed E-state index contributed by atoms with van der Waals surface area (Å²) in [6.07, 6.45) is 1.27. The number of rotatable bonds is 2. The monoisotopic (exact) mass is 546 g/mol. The molecule has 5 heteroatoms. The molecule has 0 heterocycles. The van der Waals surface area contributed by atoms with E-state index in [2.05, 4.69) is 104 Å². The molecule has 0 aliphatic carbocycles. The summed E-state index contributed by atoms with van der Waals surface area (Å²) in [4.78, 5) is 0. The SMILES string of the molecule is CCC[Si](Cl)=[Zr+2].[Cl-].[Cl-].c1ccc2[cH-]ccc2c1.c1ccc2c(c1)[cH-]c1ccccc12. The summed E-state index contributed by atoms with van der Waals surface area (Å²) in [5, 5.41) is 8.05. The molecule has 5 rings (SSSR count). The molecule has 0 radical (unpaired) electrons. The molecule has 0 aliphatic rings. The van der Waals surface area contributed by atoms with E-state index in [0.29, 0.717) is 0 Å². The van der Waals surface area contributed by atoms with Gasteiger partial charge in [-0.2, -0.15) is 17.5 Å². The van der Waals surface area contributed by atoms with Crippen LogP contribution in [0.25, 0.3) is 32.3 Å². The molecule has 0 fully saturated rings. The molecular formula is C25H23Cl3SiZr-2. The molecule has 0 saturated heterocycles. The van der Waals surface area contributed by atoms with Crippen molar-refractivity contribution in [1.29, 1.82) is 0 Å². The van der Waals surface area contributed by atoms with E-state index in [1.807, 2.05) is 0 Å². The van der Waals surface area contributed by atoms with E-state index in [-0.39, 0.29) is 29.6 Å². The minimum absolute atomic E-state index is 0. The normalized spacial score (nSPS) is 9.60. The van der Waals surface area contributed by atoms with E-state index in [9.17, 15) is 0 Å². The Bertz CT molecular complexity index is 1100. The van der Waals surface area contributed by atoms with E-state index < -0.39 is 0 Å². The minimum Gasteiger partial charge on any atom is -1.00 e. The van der Waals surface area contributed by atoms with Gasteiger partial charge in [-0.3, -0.25) is 0 Å². The van der Waals surface area contributed by atoms with Gasteiger partial charge >= 0.3 is 58.5 Å². The van der Waals surface area contributed by atoms with Crippen molar-refractivity contribution in [2.45, 2.75) is 19.4 Å². The van der Waals surface area contributed by atoms with Crippen LogP contribution in [0.4, 0.5) is 0 Å². The predicted molar refractivity (Wildman–Crippen MR) is 123 cm³/mol. The third-order valence-corrected chi connectivity index (χ3v) is 7.89. The Balaban J connectivity index is 0.000000235. The van der Waals surface area contributed by atoms with Crippen molar-refractivity contribution in [3.05, 3.63) is 97.1 Å². The molecule has 0 aromatic heterocycles. The van der Waals surface area contributed by atoms with Gasteiger partial charge in [0.15, 0.2) is 0 Å². The molecule has 154 valence electrons. The van der Waals surface area contributed by atoms with Gasteiger partial charge in [-0.1, -0.05) is 42.5 Å². The van der Waals surface area contributed by atoms with Gasteiger partial charge in [-0.05, 0) is 0 Å². The van der Waals surface area contributed by atoms with Gasteiger partial charge in [0.1, 0.15) is 0 Å². The summed E-state index contributed by atoms with van der Waals surface area (Å²) in [5.74, 6) is 0. The van der Waals surface area contributed by atoms with Gasteiger partial charge in [-0.25, -0.2) is 0 Å². The van der Waals surface area contributed by atoms with Gasteiger partial charge in [0.2, 0.25) is 0 Å². The second kappa shape index (κ2) is 14.2. The van der Waals surface area contributed by atoms with Crippen molar-refractivity contribution in [2.24, 2.45) is 0 Å². The van der Waals surface area contributed by atoms with Crippen molar-refractivity contribution in [1.82, 2.24) is 0 Å². The molecule has 5 aromatic carbocycles.